The first-order valence-electron chi connectivity index (χ1n) is 5.71. The fourth-order valence-electron chi connectivity index (χ4n) is 2.20. The van der Waals surface area contributed by atoms with E-state index < -0.39 is 10.0 Å². The first-order chi connectivity index (χ1) is 8.40. The van der Waals surface area contributed by atoms with Crippen LogP contribution in [0.4, 0.5) is 0 Å². The number of rotatable bonds is 4. The van der Waals surface area contributed by atoms with Gasteiger partial charge in [0, 0.05) is 18.4 Å². The molecule has 18 heavy (non-hydrogen) atoms. The van der Waals surface area contributed by atoms with Crippen molar-refractivity contribution in [1.29, 1.82) is 0 Å². The second-order valence-corrected chi connectivity index (χ2v) is 7.93. The predicted molar refractivity (Wildman–Crippen MR) is 73.5 cm³/mol. The fraction of sp³-hybridized carbons (Fsp3) is 0.700. The van der Waals surface area contributed by atoms with Crippen LogP contribution in [-0.4, -0.2) is 29.6 Å². The van der Waals surface area contributed by atoms with Gasteiger partial charge in [-0.25, -0.2) is 13.1 Å². The molecule has 2 rings (SSSR count). The zero-order chi connectivity index (χ0) is 13.3. The van der Waals surface area contributed by atoms with E-state index in [2.05, 4.69) is 25.8 Å². The van der Waals surface area contributed by atoms with Crippen molar-refractivity contribution in [2.24, 2.45) is 13.0 Å². The molecule has 2 atom stereocenters. The predicted octanol–water partition coefficient (Wildman–Crippen LogP) is 1.92. The van der Waals surface area contributed by atoms with Crippen molar-refractivity contribution in [3.8, 4) is 0 Å². The van der Waals surface area contributed by atoms with Crippen molar-refractivity contribution in [2.45, 2.75) is 29.1 Å². The Balaban J connectivity index is 2.04. The fourth-order valence-corrected chi connectivity index (χ4v) is 4.76. The third kappa shape index (κ3) is 3.07. The van der Waals surface area contributed by atoms with Gasteiger partial charge in [-0.1, -0.05) is 27.5 Å². The van der Waals surface area contributed by atoms with Crippen LogP contribution < -0.4 is 4.72 Å². The molecule has 0 aliphatic heterocycles. The lowest BCUT2D eigenvalue weighted by atomic mass is 10.1. The highest BCUT2D eigenvalue weighted by atomic mass is 79.9. The minimum atomic E-state index is -3.58. The molecule has 2 unspecified atom stereocenters. The summed E-state index contributed by atoms with van der Waals surface area (Å²) in [5, 5.41) is 4.01. The van der Waals surface area contributed by atoms with E-state index in [0.29, 0.717) is 17.3 Å². The molecule has 0 saturated heterocycles. The molecule has 8 heteroatoms. The van der Waals surface area contributed by atoms with Gasteiger partial charge in [-0.3, -0.25) is 4.68 Å². The molecular weight excluding hydrogens is 342 g/mol. The van der Waals surface area contributed by atoms with Crippen LogP contribution >= 0.6 is 27.5 Å². The number of nitrogens with one attached hydrogen (secondary N) is 1. The molecule has 0 aromatic carbocycles. The van der Waals surface area contributed by atoms with Gasteiger partial charge in [0.2, 0.25) is 0 Å². The SMILES string of the molecule is Cn1ncc(Cl)c1S(=O)(=O)NCC1CCC(Br)C1. The van der Waals surface area contributed by atoms with Crippen LogP contribution in [0.3, 0.4) is 0 Å². The number of aromatic nitrogens is 2. The Morgan fingerprint density at radius 1 is 1.61 bits per heavy atom. The largest absolute Gasteiger partial charge is 0.259 e. The molecule has 0 bridgehead atoms. The molecule has 5 nitrogen and oxygen atoms in total. The van der Waals surface area contributed by atoms with Gasteiger partial charge in [-0.15, -0.1) is 0 Å². The molecule has 1 aliphatic rings. The zero-order valence-electron chi connectivity index (χ0n) is 9.94. The first-order valence-corrected chi connectivity index (χ1v) is 8.49. The summed E-state index contributed by atoms with van der Waals surface area (Å²) in [5.41, 5.74) is 0. The van der Waals surface area contributed by atoms with E-state index in [1.807, 2.05) is 0 Å². The van der Waals surface area contributed by atoms with Crippen LogP contribution in [0.5, 0.6) is 0 Å². The Morgan fingerprint density at radius 2 is 2.33 bits per heavy atom. The van der Waals surface area contributed by atoms with Crippen LogP contribution in [-0.2, 0) is 17.1 Å². The molecule has 102 valence electrons. The topological polar surface area (TPSA) is 64.0 Å². The van der Waals surface area contributed by atoms with Gasteiger partial charge >= 0.3 is 0 Å². The molecule has 0 spiro atoms. The van der Waals surface area contributed by atoms with E-state index >= 15 is 0 Å². The van der Waals surface area contributed by atoms with E-state index in [1.165, 1.54) is 10.9 Å². The quantitative estimate of drug-likeness (QED) is 0.838. The van der Waals surface area contributed by atoms with Crippen molar-refractivity contribution >= 4 is 37.6 Å². The van der Waals surface area contributed by atoms with Gasteiger partial charge in [-0.05, 0) is 25.2 Å². The second kappa shape index (κ2) is 5.48. The maximum Gasteiger partial charge on any atom is 0.259 e. The average Bonchev–Trinajstić information content (AvgIpc) is 2.83. The lowest BCUT2D eigenvalue weighted by Gasteiger charge is -2.11. The second-order valence-electron chi connectivity index (χ2n) is 4.55. The Morgan fingerprint density at radius 3 is 2.83 bits per heavy atom. The molecule has 1 fully saturated rings. The summed E-state index contributed by atoms with van der Waals surface area (Å²) in [6.45, 7) is 0.450. The normalized spacial score (nSPS) is 24.6. The van der Waals surface area contributed by atoms with Gasteiger partial charge in [0.05, 0.1) is 11.2 Å². The minimum Gasteiger partial charge on any atom is -0.255 e. The zero-order valence-corrected chi connectivity index (χ0v) is 13.1. The third-order valence-electron chi connectivity index (χ3n) is 3.14. The third-order valence-corrected chi connectivity index (χ3v) is 5.90. The van der Waals surface area contributed by atoms with E-state index in [9.17, 15) is 8.42 Å². The maximum atomic E-state index is 12.1. The number of aryl methyl sites for hydroxylation is 1. The molecule has 0 amide bonds. The smallest absolute Gasteiger partial charge is 0.255 e. The lowest BCUT2D eigenvalue weighted by Crippen LogP contribution is -2.30. The van der Waals surface area contributed by atoms with Crippen molar-refractivity contribution in [3.63, 3.8) is 0 Å². The molecule has 1 aromatic rings. The van der Waals surface area contributed by atoms with Crippen LogP contribution in [0.1, 0.15) is 19.3 Å². The minimum absolute atomic E-state index is 0.0255. The number of alkyl halides is 1. The summed E-state index contributed by atoms with van der Waals surface area (Å²) in [7, 11) is -2.02. The Kier molecular flexibility index (Phi) is 4.36. The van der Waals surface area contributed by atoms with E-state index in [4.69, 9.17) is 11.6 Å². The lowest BCUT2D eigenvalue weighted by molar-refractivity contribution is 0.514. The number of hydrogen-bond donors (Lipinski definition) is 1. The Bertz CT molecular complexity index is 512. The standard InChI is InChI=1S/C10H15BrClN3O2S/c1-15-10(9(12)6-13-15)18(16,17)14-5-7-2-3-8(11)4-7/h6-8,14H,2-5H2,1H3. The highest BCUT2D eigenvalue weighted by molar-refractivity contribution is 9.09. The Labute approximate surface area is 120 Å². The number of halogens is 2. The van der Waals surface area contributed by atoms with Gasteiger partial charge in [0.25, 0.3) is 10.0 Å². The monoisotopic (exact) mass is 355 g/mol. The maximum absolute atomic E-state index is 12.1. The summed E-state index contributed by atoms with van der Waals surface area (Å²) in [4.78, 5) is 0.507. The summed E-state index contributed by atoms with van der Waals surface area (Å²) in [6.07, 6.45) is 4.47. The highest BCUT2D eigenvalue weighted by Crippen LogP contribution is 2.30. The molecule has 1 aliphatic carbocycles. The van der Waals surface area contributed by atoms with Crippen molar-refractivity contribution in [1.82, 2.24) is 14.5 Å². The van der Waals surface area contributed by atoms with Crippen LogP contribution in [0.25, 0.3) is 0 Å². The number of sulfonamides is 1. The molecule has 1 aromatic heterocycles. The number of nitrogens with zero attached hydrogens (tertiary/aromatic N) is 2. The summed E-state index contributed by atoms with van der Waals surface area (Å²) < 4.78 is 28.1. The summed E-state index contributed by atoms with van der Waals surface area (Å²) in [5.74, 6) is 0.385. The van der Waals surface area contributed by atoms with Gasteiger partial charge < -0.3 is 0 Å². The van der Waals surface area contributed by atoms with Crippen LogP contribution in [0.15, 0.2) is 11.2 Å². The van der Waals surface area contributed by atoms with E-state index in [-0.39, 0.29) is 10.0 Å². The summed E-state index contributed by atoms with van der Waals surface area (Å²) in [6, 6.07) is 0. The van der Waals surface area contributed by atoms with Crippen LogP contribution in [0, 0.1) is 5.92 Å². The van der Waals surface area contributed by atoms with Crippen molar-refractivity contribution in [2.75, 3.05) is 6.54 Å². The van der Waals surface area contributed by atoms with E-state index in [1.54, 1.807) is 7.05 Å². The molecule has 1 saturated carbocycles. The summed E-state index contributed by atoms with van der Waals surface area (Å²) >= 11 is 9.39. The van der Waals surface area contributed by atoms with Gasteiger partial charge in [-0.2, -0.15) is 5.10 Å². The Hall–Kier alpha value is -0.110. The number of hydrogen-bond acceptors (Lipinski definition) is 3. The van der Waals surface area contributed by atoms with Gasteiger partial charge in [0.1, 0.15) is 0 Å². The molecular formula is C10H15BrClN3O2S. The van der Waals surface area contributed by atoms with Gasteiger partial charge in [0.15, 0.2) is 5.03 Å². The van der Waals surface area contributed by atoms with Crippen molar-refractivity contribution < 1.29 is 8.42 Å². The first kappa shape index (κ1) is 14.3. The van der Waals surface area contributed by atoms with Crippen LogP contribution in [0.2, 0.25) is 5.02 Å². The molecule has 1 heterocycles. The van der Waals surface area contributed by atoms with Crippen molar-refractivity contribution in [3.05, 3.63) is 11.2 Å². The average molecular weight is 357 g/mol. The van der Waals surface area contributed by atoms with E-state index in [0.717, 1.165) is 19.3 Å². The molecule has 0 radical (unpaired) electrons. The molecule has 1 N–H and O–H groups in total. The highest BCUT2D eigenvalue weighted by Gasteiger charge is 2.27.